The number of rotatable bonds is 6. The fourth-order valence-electron chi connectivity index (χ4n) is 3.25. The molecule has 0 spiro atoms. The lowest BCUT2D eigenvalue weighted by Crippen LogP contribution is -2.20. The molecule has 160 valence electrons. The highest BCUT2D eigenvalue weighted by atomic mass is 32.3. The van der Waals surface area contributed by atoms with Crippen molar-refractivity contribution >= 4 is 21.0 Å². The quantitative estimate of drug-likeness (QED) is 0.608. The van der Waals surface area contributed by atoms with E-state index in [2.05, 4.69) is 8.37 Å². The molecule has 0 N–H and O–H groups in total. The van der Waals surface area contributed by atoms with Gasteiger partial charge in [0.05, 0.1) is 0 Å². The van der Waals surface area contributed by atoms with Crippen LogP contribution in [-0.4, -0.2) is 16.8 Å². The Hall–Kier alpha value is -2.20. The third-order valence-electron chi connectivity index (χ3n) is 4.73. The van der Waals surface area contributed by atoms with Crippen molar-refractivity contribution in [3.05, 3.63) is 57.6 Å². The van der Waals surface area contributed by atoms with Crippen LogP contribution in [0.2, 0.25) is 0 Å². The molecule has 0 saturated carbocycles. The summed E-state index contributed by atoms with van der Waals surface area (Å²) >= 11 is 0. The van der Waals surface area contributed by atoms with E-state index in [0.29, 0.717) is 22.3 Å². The molecule has 0 fully saturated rings. The molecule has 0 radical (unpaired) electrons. The van der Waals surface area contributed by atoms with Gasteiger partial charge < -0.3 is 8.37 Å². The minimum Gasteiger partial charge on any atom is -0.358 e. The molecule has 0 aliphatic rings. The third kappa shape index (κ3) is 5.45. The van der Waals surface area contributed by atoms with E-state index in [1.807, 2.05) is 13.8 Å². The van der Waals surface area contributed by atoms with E-state index in [0.717, 1.165) is 11.1 Å². The molecule has 0 atom stereocenters. The zero-order valence-electron chi connectivity index (χ0n) is 16.8. The van der Waals surface area contributed by atoms with Crippen molar-refractivity contribution in [3.63, 3.8) is 0 Å². The first-order chi connectivity index (χ1) is 13.0. The maximum Gasteiger partial charge on any atom is 0.488 e. The molecule has 10 heteroatoms. The topological polar surface area (TPSA) is 86.7 Å². The smallest absolute Gasteiger partial charge is 0.358 e. The van der Waals surface area contributed by atoms with Crippen LogP contribution in [0, 0.1) is 27.7 Å². The highest BCUT2D eigenvalue weighted by Gasteiger charge is 2.27. The molecular weight excluding hydrogens is 426 g/mol. The minimum absolute atomic E-state index is 0.0729. The van der Waals surface area contributed by atoms with E-state index in [9.17, 15) is 24.6 Å². The fourth-order valence-corrected chi connectivity index (χ4v) is 4.17. The first-order valence-electron chi connectivity index (χ1n) is 8.53. The van der Waals surface area contributed by atoms with Crippen LogP contribution < -0.4 is 8.37 Å². The molecule has 0 amide bonds. The average molecular weight is 449 g/mol. The molecule has 0 aliphatic carbocycles. The summed E-state index contributed by atoms with van der Waals surface area (Å²) < 4.78 is 78.1. The van der Waals surface area contributed by atoms with Gasteiger partial charge >= 0.3 is 21.0 Å². The molecule has 0 saturated heterocycles. The van der Waals surface area contributed by atoms with Crippen molar-refractivity contribution in [2.24, 2.45) is 0 Å². The van der Waals surface area contributed by atoms with Crippen LogP contribution in [0.1, 0.15) is 47.2 Å². The molecule has 0 aromatic heterocycles. The highest BCUT2D eigenvalue weighted by molar-refractivity contribution is 7.82. The Morgan fingerprint density at radius 1 is 0.655 bits per heavy atom. The predicted octanol–water partition coefficient (Wildman–Crippen LogP) is 4.43. The number of hydrogen-bond donors (Lipinski definition) is 0. The molecule has 0 heterocycles. The summed E-state index contributed by atoms with van der Waals surface area (Å²) in [5, 5.41) is 0. The van der Waals surface area contributed by atoms with E-state index in [-0.39, 0.29) is 11.5 Å². The second kappa shape index (κ2) is 7.56. The van der Waals surface area contributed by atoms with Crippen molar-refractivity contribution in [1.29, 1.82) is 0 Å². The van der Waals surface area contributed by atoms with E-state index < -0.39 is 26.4 Å². The Morgan fingerprint density at radius 3 is 1.10 bits per heavy atom. The molecule has 2 aromatic carbocycles. The number of aryl methyl sites for hydroxylation is 4. The molecular formula is C19H22F2O6S2. The maximum atomic E-state index is 12.9. The van der Waals surface area contributed by atoms with Crippen LogP contribution in [0.3, 0.4) is 0 Å². The minimum atomic E-state index is -5.15. The van der Waals surface area contributed by atoms with Crippen LogP contribution in [-0.2, 0) is 26.4 Å². The fraction of sp³-hybridized carbons (Fsp3) is 0.368. The summed E-state index contributed by atoms with van der Waals surface area (Å²) in [6.07, 6.45) is 0. The second-order valence-corrected chi connectivity index (χ2v) is 9.36. The summed E-state index contributed by atoms with van der Waals surface area (Å²) in [5.41, 5.74) is 2.73. The van der Waals surface area contributed by atoms with Crippen LogP contribution >= 0.6 is 0 Å². The van der Waals surface area contributed by atoms with Crippen LogP contribution in [0.25, 0.3) is 0 Å². The molecule has 0 aliphatic heterocycles. The second-order valence-electron chi connectivity index (χ2n) is 7.46. The summed E-state index contributed by atoms with van der Waals surface area (Å²) in [4.78, 5) is 0. The summed E-state index contributed by atoms with van der Waals surface area (Å²) in [6, 6.07) is 6.76. The molecule has 0 bridgehead atoms. The largest absolute Gasteiger partial charge is 0.488 e. The Morgan fingerprint density at radius 2 is 0.897 bits per heavy atom. The lowest BCUT2D eigenvalue weighted by atomic mass is 9.76. The van der Waals surface area contributed by atoms with Crippen LogP contribution in [0.5, 0.6) is 11.5 Å². The lowest BCUT2D eigenvalue weighted by molar-refractivity contribution is 0.435. The zero-order valence-corrected chi connectivity index (χ0v) is 18.5. The van der Waals surface area contributed by atoms with Gasteiger partial charge in [-0.1, -0.05) is 45.9 Å². The molecule has 6 nitrogen and oxygen atoms in total. The number of benzene rings is 2. The van der Waals surface area contributed by atoms with E-state index in [4.69, 9.17) is 0 Å². The SMILES string of the molecule is Cc1cc(C(C)(C)c2cc(C)c(OS(=O)(=O)F)c(C)c2)cc(C)c1OS(=O)(=O)F. The van der Waals surface area contributed by atoms with Gasteiger partial charge in [0.25, 0.3) is 0 Å². The van der Waals surface area contributed by atoms with Crippen molar-refractivity contribution < 1.29 is 33.0 Å². The predicted molar refractivity (Wildman–Crippen MR) is 105 cm³/mol. The maximum absolute atomic E-state index is 12.9. The molecule has 2 rings (SSSR count). The first kappa shape index (κ1) is 23.1. The van der Waals surface area contributed by atoms with Gasteiger partial charge in [-0.3, -0.25) is 0 Å². The summed E-state index contributed by atoms with van der Waals surface area (Å²) in [6.45, 7) is 10.2. The Labute approximate surface area is 170 Å². The van der Waals surface area contributed by atoms with Gasteiger partial charge in [0.1, 0.15) is 0 Å². The van der Waals surface area contributed by atoms with Gasteiger partial charge in [0.15, 0.2) is 11.5 Å². The van der Waals surface area contributed by atoms with Gasteiger partial charge in [-0.05, 0) is 61.1 Å². The van der Waals surface area contributed by atoms with Gasteiger partial charge in [0.2, 0.25) is 0 Å². The van der Waals surface area contributed by atoms with Crippen molar-refractivity contribution in [2.45, 2.75) is 47.0 Å². The van der Waals surface area contributed by atoms with Gasteiger partial charge in [-0.2, -0.15) is 16.8 Å². The Kier molecular flexibility index (Phi) is 6.02. The normalized spacial score (nSPS) is 12.7. The van der Waals surface area contributed by atoms with Crippen molar-refractivity contribution in [1.82, 2.24) is 0 Å². The van der Waals surface area contributed by atoms with Gasteiger partial charge in [-0.25, -0.2) is 0 Å². The average Bonchev–Trinajstić information content (AvgIpc) is 2.52. The van der Waals surface area contributed by atoms with E-state index in [1.54, 1.807) is 52.0 Å². The monoisotopic (exact) mass is 448 g/mol. The van der Waals surface area contributed by atoms with Gasteiger partial charge in [-0.15, -0.1) is 0 Å². The number of halogens is 2. The Bertz CT molecular complexity index is 1030. The zero-order chi connectivity index (χ0) is 22.4. The highest BCUT2D eigenvalue weighted by Crippen LogP contribution is 2.39. The van der Waals surface area contributed by atoms with Crippen molar-refractivity contribution in [3.8, 4) is 11.5 Å². The van der Waals surface area contributed by atoms with Crippen LogP contribution in [0.4, 0.5) is 7.77 Å². The summed E-state index contributed by atoms with van der Waals surface area (Å²) in [7, 11) is -10.3. The van der Waals surface area contributed by atoms with E-state index in [1.165, 1.54) is 0 Å². The van der Waals surface area contributed by atoms with Crippen LogP contribution in [0.15, 0.2) is 24.3 Å². The number of hydrogen-bond acceptors (Lipinski definition) is 6. The molecule has 0 unspecified atom stereocenters. The van der Waals surface area contributed by atoms with E-state index >= 15 is 0 Å². The summed E-state index contributed by atoms with van der Waals surface area (Å²) in [5.74, 6) is -0.146. The molecule has 29 heavy (non-hydrogen) atoms. The lowest BCUT2D eigenvalue weighted by Gasteiger charge is -2.29. The van der Waals surface area contributed by atoms with Crippen molar-refractivity contribution in [2.75, 3.05) is 0 Å². The molecule has 2 aromatic rings. The van der Waals surface area contributed by atoms with Gasteiger partial charge in [0, 0.05) is 5.41 Å². The third-order valence-corrected chi connectivity index (χ3v) is 5.46. The Balaban J connectivity index is 2.56. The standard InChI is InChI=1S/C19H22F2O6S2/c1-11-7-15(8-12(2)17(11)26-28(20,22)23)19(5,6)16-9-13(3)18(14(4)10-16)27-29(21,24)25/h7-10H,1-6H3. The first-order valence-corrected chi connectivity index (χ1v) is 11.1.